The van der Waals surface area contributed by atoms with E-state index in [-0.39, 0.29) is 45.7 Å². The number of halogens is 4. The van der Waals surface area contributed by atoms with Crippen molar-refractivity contribution in [3.63, 3.8) is 0 Å². The largest absolute Gasteiger partial charge is 0.459 e. The van der Waals surface area contributed by atoms with Gasteiger partial charge >= 0.3 is 12.1 Å². The van der Waals surface area contributed by atoms with E-state index in [0.29, 0.717) is 13.0 Å². The number of alkyl halides is 3. The van der Waals surface area contributed by atoms with Crippen molar-refractivity contribution in [2.75, 3.05) is 23.4 Å². The molecule has 1 atom stereocenters. The number of hydrogen-bond acceptors (Lipinski definition) is 9. The number of anilines is 3. The third kappa shape index (κ3) is 6.45. The second-order valence-electron chi connectivity index (χ2n) is 9.69. The average Bonchev–Trinajstić information content (AvgIpc) is 3.38. The van der Waals surface area contributed by atoms with Gasteiger partial charge in [0.25, 0.3) is 5.95 Å². The summed E-state index contributed by atoms with van der Waals surface area (Å²) in [6.45, 7) is 6.15. The van der Waals surface area contributed by atoms with Crippen molar-refractivity contribution in [2.45, 2.75) is 56.3 Å². The van der Waals surface area contributed by atoms with E-state index in [1.54, 1.807) is 24.3 Å². The van der Waals surface area contributed by atoms with E-state index in [4.69, 9.17) is 27.9 Å². The number of nitrogen functional groups attached to an aromatic ring is 2. The van der Waals surface area contributed by atoms with Crippen LogP contribution in [0.15, 0.2) is 41.3 Å². The van der Waals surface area contributed by atoms with Crippen molar-refractivity contribution in [3.8, 4) is 11.1 Å². The highest BCUT2D eigenvalue weighted by Gasteiger charge is 2.36. The first kappa shape index (κ1) is 27.9. The maximum absolute atomic E-state index is 14.1. The number of rotatable bonds is 6. The van der Waals surface area contributed by atoms with Crippen LogP contribution in [0.2, 0.25) is 5.02 Å². The zero-order chi connectivity index (χ0) is 27.8. The molecule has 1 aliphatic heterocycles. The molecule has 2 aromatic carbocycles. The number of esters is 1. The molecule has 0 aliphatic carbocycles. The van der Waals surface area contributed by atoms with E-state index in [1.165, 1.54) is 18.0 Å². The Morgan fingerprint density at radius 1 is 1.21 bits per heavy atom. The third-order valence-electron chi connectivity index (χ3n) is 5.56. The van der Waals surface area contributed by atoms with Crippen LogP contribution in [0.1, 0.15) is 39.2 Å². The van der Waals surface area contributed by atoms with Gasteiger partial charge in [0.05, 0.1) is 10.6 Å². The Hall–Kier alpha value is -3.16. The average molecular weight is 570 g/mol. The lowest BCUT2D eigenvalue weighted by atomic mass is 9.98. The zero-order valence-corrected chi connectivity index (χ0v) is 22.4. The number of ether oxygens (including phenoxy) is 1. The van der Waals surface area contributed by atoms with E-state index in [0.717, 1.165) is 22.2 Å². The molecule has 4 rings (SSSR count). The van der Waals surface area contributed by atoms with Crippen molar-refractivity contribution in [3.05, 3.63) is 47.0 Å². The molecule has 5 N–H and O–H groups in total. The minimum atomic E-state index is -4.69. The highest BCUT2D eigenvalue weighted by atomic mass is 35.5. The summed E-state index contributed by atoms with van der Waals surface area (Å²) in [6.07, 6.45) is -3.17. The molecule has 1 aromatic heterocycles. The molecule has 0 unspecified atom stereocenters. The van der Waals surface area contributed by atoms with Crippen LogP contribution in [0.4, 0.5) is 30.8 Å². The summed E-state index contributed by atoms with van der Waals surface area (Å²) in [5.74, 6) is 5.00. The summed E-state index contributed by atoms with van der Waals surface area (Å²) in [6, 6.07) is 8.43. The minimum absolute atomic E-state index is 0.0195. The standard InChI is InChI=1S/C24H27ClF3N7O2S/c1-23(2,3)37-20(36)18-5-4-10-34(18)38-15-8-6-13(7-9-15)19-16(24(26,27)28)11-14(12-17(19)25)31-22-32-21(29)35(30)33-22/h6-9,11-12,18H,4-5,10,30H2,1-3H3,(H3,29,31,32,33)/t18-/m0/s1. The smallest absolute Gasteiger partial charge is 0.417 e. The number of benzene rings is 2. The van der Waals surface area contributed by atoms with Crippen molar-refractivity contribution in [1.82, 2.24) is 19.2 Å². The maximum atomic E-state index is 14.1. The number of nitrogens with zero attached hydrogens (tertiary/aromatic N) is 4. The Morgan fingerprint density at radius 3 is 2.47 bits per heavy atom. The third-order valence-corrected chi connectivity index (χ3v) is 7.01. The van der Waals surface area contributed by atoms with Crippen LogP contribution in [0.3, 0.4) is 0 Å². The highest BCUT2D eigenvalue weighted by Crippen LogP contribution is 2.44. The molecule has 0 radical (unpaired) electrons. The molecule has 1 fully saturated rings. The predicted molar refractivity (Wildman–Crippen MR) is 141 cm³/mol. The fourth-order valence-electron chi connectivity index (χ4n) is 3.99. The van der Waals surface area contributed by atoms with Crippen LogP contribution >= 0.6 is 23.5 Å². The summed E-state index contributed by atoms with van der Waals surface area (Å²) >= 11 is 7.73. The molecule has 2 heterocycles. The molecule has 1 aliphatic rings. The van der Waals surface area contributed by atoms with Crippen LogP contribution in [-0.4, -0.2) is 43.3 Å². The molecular formula is C24H27ClF3N7O2S. The van der Waals surface area contributed by atoms with Crippen molar-refractivity contribution < 1.29 is 22.7 Å². The van der Waals surface area contributed by atoms with Gasteiger partial charge in [-0.2, -0.15) is 18.2 Å². The monoisotopic (exact) mass is 569 g/mol. The Labute approximate surface area is 226 Å². The van der Waals surface area contributed by atoms with E-state index in [1.807, 2.05) is 25.1 Å². The summed E-state index contributed by atoms with van der Waals surface area (Å²) in [5.41, 5.74) is 4.15. The normalized spacial score (nSPS) is 16.6. The summed E-state index contributed by atoms with van der Waals surface area (Å²) in [7, 11) is 0. The molecule has 14 heteroatoms. The van der Waals surface area contributed by atoms with Gasteiger partial charge in [-0.25, -0.2) is 4.31 Å². The van der Waals surface area contributed by atoms with Gasteiger partial charge in [-0.05, 0) is 75.4 Å². The number of nitrogens with two attached hydrogens (primary N) is 2. The number of carbonyl (C=O) groups is 1. The molecule has 9 nitrogen and oxygen atoms in total. The Kier molecular flexibility index (Phi) is 7.73. The van der Waals surface area contributed by atoms with Gasteiger partial charge in [0, 0.05) is 22.7 Å². The molecule has 38 heavy (non-hydrogen) atoms. The van der Waals surface area contributed by atoms with Crippen molar-refractivity contribution in [2.24, 2.45) is 0 Å². The number of hydrogen-bond donors (Lipinski definition) is 3. The molecule has 0 saturated carbocycles. The van der Waals surface area contributed by atoms with Crippen molar-refractivity contribution in [1.29, 1.82) is 0 Å². The Balaban J connectivity index is 1.57. The van der Waals surface area contributed by atoms with E-state index >= 15 is 0 Å². The van der Waals surface area contributed by atoms with Gasteiger partial charge in [0.15, 0.2) is 0 Å². The van der Waals surface area contributed by atoms with Crippen LogP contribution < -0.4 is 16.9 Å². The number of nitrogens with one attached hydrogen (secondary N) is 1. The van der Waals surface area contributed by atoms with Crippen LogP contribution in [-0.2, 0) is 15.7 Å². The van der Waals surface area contributed by atoms with Gasteiger partial charge in [0.1, 0.15) is 11.6 Å². The molecule has 1 saturated heterocycles. The highest BCUT2D eigenvalue weighted by molar-refractivity contribution is 7.97. The second kappa shape index (κ2) is 10.5. The minimum Gasteiger partial charge on any atom is -0.459 e. The topological polar surface area (TPSA) is 124 Å². The molecule has 204 valence electrons. The van der Waals surface area contributed by atoms with Gasteiger partial charge in [0.2, 0.25) is 5.95 Å². The molecular weight excluding hydrogens is 543 g/mol. The van der Waals surface area contributed by atoms with E-state index < -0.39 is 17.3 Å². The fraction of sp³-hybridized carbons (Fsp3) is 0.375. The van der Waals surface area contributed by atoms with Gasteiger partial charge in [-0.15, -0.1) is 9.89 Å². The van der Waals surface area contributed by atoms with E-state index in [9.17, 15) is 18.0 Å². The van der Waals surface area contributed by atoms with Gasteiger partial charge in [-0.3, -0.25) is 4.79 Å². The zero-order valence-electron chi connectivity index (χ0n) is 20.8. The van der Waals surface area contributed by atoms with Crippen LogP contribution in [0, 0.1) is 0 Å². The molecule has 0 amide bonds. The molecule has 0 spiro atoms. The first-order valence-electron chi connectivity index (χ1n) is 11.6. The van der Waals surface area contributed by atoms with Gasteiger partial charge < -0.3 is 21.6 Å². The molecule has 0 bridgehead atoms. The lowest BCUT2D eigenvalue weighted by Gasteiger charge is -2.26. The Morgan fingerprint density at radius 2 is 1.89 bits per heavy atom. The summed E-state index contributed by atoms with van der Waals surface area (Å²) < 4.78 is 49.7. The van der Waals surface area contributed by atoms with Crippen LogP contribution in [0.5, 0.6) is 0 Å². The van der Waals surface area contributed by atoms with Gasteiger partial charge in [-0.1, -0.05) is 23.7 Å². The second-order valence-corrected chi connectivity index (χ2v) is 11.2. The summed E-state index contributed by atoms with van der Waals surface area (Å²) in [4.78, 5) is 18.0. The lowest BCUT2D eigenvalue weighted by molar-refractivity contribution is -0.158. The van der Waals surface area contributed by atoms with Crippen molar-refractivity contribution >= 4 is 47.1 Å². The van der Waals surface area contributed by atoms with E-state index in [2.05, 4.69) is 15.4 Å². The maximum Gasteiger partial charge on any atom is 0.417 e. The first-order chi connectivity index (χ1) is 17.7. The quantitative estimate of drug-likeness (QED) is 0.201. The van der Waals surface area contributed by atoms with Crippen LogP contribution in [0.25, 0.3) is 11.1 Å². The molecule has 3 aromatic rings. The number of carbonyl (C=O) groups excluding carboxylic acids is 1. The fourth-order valence-corrected chi connectivity index (χ4v) is 5.38. The predicted octanol–water partition coefficient (Wildman–Crippen LogP) is 5.47. The lowest BCUT2D eigenvalue weighted by Crippen LogP contribution is -2.37. The first-order valence-corrected chi connectivity index (χ1v) is 12.8. The Bertz CT molecular complexity index is 1310. The summed E-state index contributed by atoms with van der Waals surface area (Å²) in [5, 5.41) is 6.30. The number of aromatic nitrogens is 3. The SMILES string of the molecule is CC(C)(C)OC(=O)[C@@H]1CCCN1Sc1ccc(-c2c(Cl)cc(Nc3nc(N)n(N)n3)cc2C(F)(F)F)cc1.